The monoisotopic (exact) mass is 623 g/mol. The van der Waals surface area contributed by atoms with Crippen LogP contribution in [0, 0.1) is 23.1 Å². The minimum atomic E-state index is -0.793. The molecule has 5 heterocycles. The summed E-state index contributed by atoms with van der Waals surface area (Å²) in [5.41, 5.74) is 8.66. The van der Waals surface area contributed by atoms with E-state index in [1.54, 1.807) is 6.20 Å². The second-order valence-electron chi connectivity index (χ2n) is 11.7. The zero-order valence-electron chi connectivity index (χ0n) is 26.2. The molecule has 3 aromatic rings. The van der Waals surface area contributed by atoms with Gasteiger partial charge in [-0.3, -0.25) is 0 Å². The van der Waals surface area contributed by atoms with Gasteiger partial charge < -0.3 is 25.6 Å². The topological polar surface area (TPSA) is 103 Å². The molecule has 6 rings (SSSR count). The SMILES string of the molecule is CC.CCCN(C)CCCCC[C@@H]1CCN(c2ncc3c4c(c(C5NC=C(F)c6sc(N)c(C#N)c65)c(F)c3n2)COC4)C1. The van der Waals surface area contributed by atoms with Crippen LogP contribution in [0.4, 0.5) is 19.7 Å². The Morgan fingerprint density at radius 2 is 1.98 bits per heavy atom. The highest BCUT2D eigenvalue weighted by atomic mass is 32.1. The number of unbranched alkanes of at least 4 members (excludes halogenated alkanes) is 2. The molecule has 2 atom stereocenters. The number of rotatable bonds is 10. The van der Waals surface area contributed by atoms with Crippen molar-refractivity contribution >= 4 is 39.0 Å². The number of thiophene rings is 1. The van der Waals surface area contributed by atoms with Gasteiger partial charge in [0.2, 0.25) is 5.95 Å². The van der Waals surface area contributed by atoms with E-state index in [4.69, 9.17) is 15.5 Å². The number of nitrogens with one attached hydrogen (secondary N) is 1. The first-order valence-corrected chi connectivity index (χ1v) is 16.7. The van der Waals surface area contributed by atoms with Crippen LogP contribution in [-0.2, 0) is 18.0 Å². The number of halogens is 2. The Hall–Kier alpha value is -3.33. The first-order chi connectivity index (χ1) is 21.4. The number of hydrogen-bond donors (Lipinski definition) is 2. The van der Waals surface area contributed by atoms with Crippen LogP contribution in [0.15, 0.2) is 12.4 Å². The van der Waals surface area contributed by atoms with Gasteiger partial charge in [0.25, 0.3) is 0 Å². The number of aromatic nitrogens is 2. The van der Waals surface area contributed by atoms with Gasteiger partial charge in [-0.2, -0.15) is 5.26 Å². The van der Waals surface area contributed by atoms with Gasteiger partial charge in [-0.05, 0) is 62.9 Å². The number of nitrogen functional groups attached to an aromatic ring is 1. The predicted molar refractivity (Wildman–Crippen MR) is 173 cm³/mol. The fraction of sp³-hybridized carbons (Fsp3) is 0.545. The van der Waals surface area contributed by atoms with E-state index in [-0.39, 0.29) is 27.6 Å². The number of nitrogens with zero attached hydrogens (tertiary/aromatic N) is 5. The molecule has 0 aliphatic carbocycles. The molecule has 0 radical (unpaired) electrons. The molecule has 1 unspecified atom stereocenters. The lowest BCUT2D eigenvalue weighted by Gasteiger charge is -2.26. The van der Waals surface area contributed by atoms with E-state index in [0.29, 0.717) is 40.5 Å². The molecule has 0 bridgehead atoms. The number of benzene rings is 1. The Labute approximate surface area is 262 Å². The van der Waals surface area contributed by atoms with Crippen LogP contribution in [-0.4, -0.2) is 48.1 Å². The van der Waals surface area contributed by atoms with E-state index in [0.717, 1.165) is 49.5 Å². The Balaban J connectivity index is 0.00000188. The van der Waals surface area contributed by atoms with Gasteiger partial charge in [-0.1, -0.05) is 33.6 Å². The maximum Gasteiger partial charge on any atom is 0.225 e. The molecule has 3 aliphatic rings. The minimum absolute atomic E-state index is 0.169. The van der Waals surface area contributed by atoms with Crippen LogP contribution < -0.4 is 16.0 Å². The molecule has 0 amide bonds. The summed E-state index contributed by atoms with van der Waals surface area (Å²) in [5.74, 6) is 0.0715. The first kappa shape index (κ1) is 32.1. The maximum atomic E-state index is 16.6. The van der Waals surface area contributed by atoms with Crippen molar-refractivity contribution in [2.45, 2.75) is 78.6 Å². The number of hydrogen-bond acceptors (Lipinski definition) is 9. The van der Waals surface area contributed by atoms with Crippen molar-refractivity contribution in [2.75, 3.05) is 43.9 Å². The zero-order valence-corrected chi connectivity index (χ0v) is 27.0. The number of ether oxygens (including phenoxy) is 1. The summed E-state index contributed by atoms with van der Waals surface area (Å²) in [6.45, 7) is 10.7. The molecule has 3 aliphatic heterocycles. The zero-order chi connectivity index (χ0) is 31.4. The Kier molecular flexibility index (Phi) is 10.3. The van der Waals surface area contributed by atoms with Gasteiger partial charge in [0, 0.05) is 42.0 Å². The molecule has 1 aromatic carbocycles. The van der Waals surface area contributed by atoms with Gasteiger partial charge in [-0.15, -0.1) is 11.3 Å². The summed E-state index contributed by atoms with van der Waals surface area (Å²) in [6, 6.07) is 1.30. The van der Waals surface area contributed by atoms with Gasteiger partial charge in [0.05, 0.1) is 29.7 Å². The van der Waals surface area contributed by atoms with Crippen LogP contribution in [0.1, 0.15) is 98.0 Å². The Morgan fingerprint density at radius 1 is 1.18 bits per heavy atom. The highest BCUT2D eigenvalue weighted by Gasteiger charge is 2.37. The third kappa shape index (κ3) is 6.12. The first-order valence-electron chi connectivity index (χ1n) is 15.9. The third-order valence-electron chi connectivity index (χ3n) is 8.81. The number of fused-ring (bicyclic) bond motifs is 4. The van der Waals surface area contributed by atoms with Gasteiger partial charge in [0.1, 0.15) is 16.6 Å². The summed E-state index contributed by atoms with van der Waals surface area (Å²) in [6.07, 6.45) is 10.0. The minimum Gasteiger partial charge on any atom is -0.389 e. The van der Waals surface area contributed by atoms with E-state index >= 15 is 4.39 Å². The molecule has 2 aromatic heterocycles. The molecule has 0 saturated carbocycles. The van der Waals surface area contributed by atoms with Crippen LogP contribution in [0.3, 0.4) is 0 Å². The van der Waals surface area contributed by atoms with Crippen molar-refractivity contribution in [3.63, 3.8) is 0 Å². The molecular weight excluding hydrogens is 580 g/mol. The summed E-state index contributed by atoms with van der Waals surface area (Å²) >= 11 is 1.01. The van der Waals surface area contributed by atoms with Crippen LogP contribution in [0.5, 0.6) is 0 Å². The van der Waals surface area contributed by atoms with E-state index in [1.165, 1.54) is 38.3 Å². The molecule has 3 N–H and O–H groups in total. The quantitative estimate of drug-likeness (QED) is 0.232. The van der Waals surface area contributed by atoms with Crippen molar-refractivity contribution in [2.24, 2.45) is 5.92 Å². The van der Waals surface area contributed by atoms with Crippen molar-refractivity contribution in [1.82, 2.24) is 20.2 Å². The maximum absolute atomic E-state index is 16.6. The highest BCUT2D eigenvalue weighted by Crippen LogP contribution is 2.47. The highest BCUT2D eigenvalue weighted by molar-refractivity contribution is 7.17. The van der Waals surface area contributed by atoms with Gasteiger partial charge >= 0.3 is 0 Å². The van der Waals surface area contributed by atoms with Crippen LogP contribution in [0.2, 0.25) is 0 Å². The van der Waals surface area contributed by atoms with Gasteiger partial charge in [0.15, 0.2) is 11.6 Å². The summed E-state index contributed by atoms with van der Waals surface area (Å²) < 4.78 is 37.1. The molecule has 11 heteroatoms. The Morgan fingerprint density at radius 3 is 2.75 bits per heavy atom. The molecule has 236 valence electrons. The molecule has 8 nitrogen and oxygen atoms in total. The Bertz CT molecular complexity index is 1570. The normalized spacial score (nSPS) is 18.9. The van der Waals surface area contributed by atoms with Crippen LogP contribution in [0.25, 0.3) is 16.7 Å². The third-order valence-corrected chi connectivity index (χ3v) is 9.85. The number of nitriles is 1. The summed E-state index contributed by atoms with van der Waals surface area (Å²) in [4.78, 5) is 14.2. The fourth-order valence-corrected chi connectivity index (χ4v) is 7.65. The van der Waals surface area contributed by atoms with Crippen LogP contribution >= 0.6 is 11.3 Å². The average Bonchev–Trinajstić information content (AvgIpc) is 3.78. The summed E-state index contributed by atoms with van der Waals surface area (Å²) in [7, 11) is 2.19. The summed E-state index contributed by atoms with van der Waals surface area (Å²) in [5, 5.41) is 13.6. The average molecular weight is 624 g/mol. The van der Waals surface area contributed by atoms with E-state index in [1.807, 2.05) is 13.8 Å². The smallest absolute Gasteiger partial charge is 0.225 e. The van der Waals surface area contributed by atoms with E-state index in [9.17, 15) is 9.65 Å². The molecular formula is C33H43F2N7OS. The van der Waals surface area contributed by atoms with Crippen molar-refractivity contribution in [3.8, 4) is 6.07 Å². The lowest BCUT2D eigenvalue weighted by Crippen LogP contribution is -2.25. The number of anilines is 2. The van der Waals surface area contributed by atoms with Gasteiger partial charge in [-0.25, -0.2) is 18.7 Å². The fourth-order valence-electron chi connectivity index (χ4n) is 6.68. The molecule has 1 fully saturated rings. The van der Waals surface area contributed by atoms with Crippen molar-refractivity contribution in [3.05, 3.63) is 50.9 Å². The number of nitrogens with two attached hydrogens (primary N) is 1. The van der Waals surface area contributed by atoms with Crippen molar-refractivity contribution in [1.29, 1.82) is 5.26 Å². The lowest BCUT2D eigenvalue weighted by molar-refractivity contribution is 0.134. The predicted octanol–water partition coefficient (Wildman–Crippen LogP) is 7.03. The van der Waals surface area contributed by atoms with E-state index < -0.39 is 17.7 Å². The van der Waals surface area contributed by atoms with E-state index in [2.05, 4.69) is 40.1 Å². The standard InChI is InChI=1S/C31H37F2N7OS.C2H6/c1-3-9-39(2)10-6-4-5-7-18-8-11-40(15-18)31-37-13-20-21-16-41-17-22(21)24(26(33)27(20)38-31)28-25-19(12-34)30(35)42-29(25)23(32)14-36-28;1-2/h13-14,18,28,36H,3-11,15-17,35H2,1-2H3;1-2H3/t18-,28?;/m1./s1. The molecule has 1 saturated heterocycles. The second kappa shape index (κ2) is 14.2. The molecule has 44 heavy (non-hydrogen) atoms. The van der Waals surface area contributed by atoms with Crippen molar-refractivity contribution < 1.29 is 13.5 Å². The lowest BCUT2D eigenvalue weighted by atomic mass is 9.87. The largest absolute Gasteiger partial charge is 0.389 e. The second-order valence-corrected chi connectivity index (χ2v) is 12.7. The molecule has 0 spiro atoms.